The topological polar surface area (TPSA) is 132 Å². The number of benzene rings is 1. The molecule has 23 heavy (non-hydrogen) atoms. The van der Waals surface area contributed by atoms with E-state index >= 15 is 0 Å². The number of halogens is 2. The van der Waals surface area contributed by atoms with Gasteiger partial charge in [-0.25, -0.2) is 8.42 Å². The number of sulfone groups is 1. The fourth-order valence-electron chi connectivity index (χ4n) is 1.50. The van der Waals surface area contributed by atoms with Gasteiger partial charge in [-0.05, 0) is 26.0 Å². The number of nitro groups is 1. The van der Waals surface area contributed by atoms with Gasteiger partial charge < -0.3 is 11.1 Å². The van der Waals surface area contributed by atoms with Crippen LogP contribution in [0.3, 0.4) is 0 Å². The molecule has 0 aliphatic carbocycles. The lowest BCUT2D eigenvalue weighted by Crippen LogP contribution is -2.37. The Morgan fingerprint density at radius 2 is 2.00 bits per heavy atom. The highest BCUT2D eigenvalue weighted by Crippen LogP contribution is 2.30. The summed E-state index contributed by atoms with van der Waals surface area (Å²) in [6.45, 7) is 2.94. The van der Waals surface area contributed by atoms with E-state index in [0.717, 1.165) is 12.1 Å². The molecule has 0 atom stereocenters. The number of hydrogen-bond acceptors (Lipinski definition) is 6. The molecule has 0 spiro atoms. The minimum Gasteiger partial charge on any atom is -0.378 e. The first kappa shape index (κ1) is 18.7. The second kappa shape index (κ2) is 6.44. The number of nitrogens with one attached hydrogen (secondary N) is 1. The van der Waals surface area contributed by atoms with E-state index in [1.54, 1.807) is 0 Å². The maximum Gasteiger partial charge on any atom is 0.341 e. The Bertz CT molecular complexity index is 734. The van der Waals surface area contributed by atoms with Crippen LogP contribution in [-0.2, 0) is 14.6 Å². The number of nitrogens with two attached hydrogens (primary N) is 1. The predicted octanol–water partition coefficient (Wildman–Crippen LogP) is 1.51. The average molecular weight is 351 g/mol. The highest BCUT2D eigenvalue weighted by molar-refractivity contribution is 7.91. The first-order valence-electron chi connectivity index (χ1n) is 6.24. The molecule has 0 bridgehead atoms. The van der Waals surface area contributed by atoms with Gasteiger partial charge in [-0.2, -0.15) is 8.78 Å². The van der Waals surface area contributed by atoms with E-state index in [1.165, 1.54) is 13.8 Å². The lowest BCUT2D eigenvalue weighted by atomic mass is 9.92. The summed E-state index contributed by atoms with van der Waals surface area (Å²) in [7, 11) is -4.95. The van der Waals surface area contributed by atoms with Crippen LogP contribution in [0.2, 0.25) is 0 Å². The van der Waals surface area contributed by atoms with Crippen molar-refractivity contribution in [2.24, 2.45) is 11.1 Å². The van der Waals surface area contributed by atoms with Gasteiger partial charge in [-0.15, -0.1) is 0 Å². The number of rotatable bonds is 7. The third kappa shape index (κ3) is 4.12. The standard InChI is InChI=1S/C12H15F2N3O5S/c1-12(2,10(15)18)6-16-8-4-3-7(5-9(8)17(19)20)23(21,22)11(13)14/h3-5,11,16H,6H2,1-2H3,(H2,15,18). The summed E-state index contributed by atoms with van der Waals surface area (Å²) in [5, 5.41) is 13.6. The van der Waals surface area contributed by atoms with Gasteiger partial charge in [-0.3, -0.25) is 14.9 Å². The molecule has 1 aromatic carbocycles. The average Bonchev–Trinajstić information content (AvgIpc) is 2.44. The first-order valence-corrected chi connectivity index (χ1v) is 7.78. The van der Waals surface area contributed by atoms with Gasteiger partial charge >= 0.3 is 5.76 Å². The molecule has 0 fully saturated rings. The molecule has 0 saturated heterocycles. The molecule has 1 rings (SSSR count). The fourth-order valence-corrected chi connectivity index (χ4v) is 2.23. The molecule has 0 saturated carbocycles. The van der Waals surface area contributed by atoms with Crippen LogP contribution in [0.4, 0.5) is 20.2 Å². The van der Waals surface area contributed by atoms with Crippen molar-refractivity contribution in [3.05, 3.63) is 28.3 Å². The van der Waals surface area contributed by atoms with Crippen molar-refractivity contribution in [3.63, 3.8) is 0 Å². The zero-order chi connectivity index (χ0) is 18.0. The molecule has 11 heteroatoms. The molecule has 0 heterocycles. The van der Waals surface area contributed by atoms with E-state index in [4.69, 9.17) is 5.73 Å². The van der Waals surface area contributed by atoms with E-state index in [0.29, 0.717) is 6.07 Å². The summed E-state index contributed by atoms with van der Waals surface area (Å²) in [6.07, 6.45) is 0. The highest BCUT2D eigenvalue weighted by atomic mass is 32.2. The molecule has 3 N–H and O–H groups in total. The minimum absolute atomic E-state index is 0.0654. The van der Waals surface area contributed by atoms with Crippen molar-refractivity contribution in [1.82, 2.24) is 0 Å². The molecule has 128 valence electrons. The predicted molar refractivity (Wildman–Crippen MR) is 77.8 cm³/mol. The molecule has 0 radical (unpaired) electrons. The Balaban J connectivity index is 3.22. The Morgan fingerprint density at radius 3 is 2.43 bits per heavy atom. The van der Waals surface area contributed by atoms with Crippen molar-refractivity contribution >= 4 is 27.1 Å². The van der Waals surface area contributed by atoms with Gasteiger partial charge in [0.1, 0.15) is 5.69 Å². The Kier molecular flexibility index (Phi) is 5.25. The van der Waals surface area contributed by atoms with Gasteiger partial charge in [0.05, 0.1) is 15.2 Å². The maximum atomic E-state index is 12.5. The summed E-state index contributed by atoms with van der Waals surface area (Å²) in [5.74, 6) is -4.33. The molecule has 0 aliphatic heterocycles. The number of primary amides is 1. The number of nitrogens with zero attached hydrogens (tertiary/aromatic N) is 1. The lowest BCUT2D eigenvalue weighted by Gasteiger charge is -2.21. The van der Waals surface area contributed by atoms with Crippen molar-refractivity contribution in [2.45, 2.75) is 24.5 Å². The molecule has 8 nitrogen and oxygen atoms in total. The zero-order valence-corrected chi connectivity index (χ0v) is 13.1. The van der Waals surface area contributed by atoms with E-state index < -0.39 is 42.4 Å². The van der Waals surface area contributed by atoms with Gasteiger partial charge in [0, 0.05) is 12.6 Å². The third-order valence-corrected chi connectivity index (χ3v) is 4.50. The number of anilines is 1. The molecule has 1 amide bonds. The number of hydrogen-bond donors (Lipinski definition) is 2. The van der Waals surface area contributed by atoms with Crippen molar-refractivity contribution in [1.29, 1.82) is 0 Å². The molecule has 0 aliphatic rings. The maximum absolute atomic E-state index is 12.5. The second-order valence-corrected chi connectivity index (χ2v) is 7.26. The number of alkyl halides is 2. The second-order valence-electron chi connectivity index (χ2n) is 5.34. The SMILES string of the molecule is CC(C)(CNc1ccc(S(=O)(=O)C(F)F)cc1[N+](=O)[O-])C(N)=O. The normalized spacial score (nSPS) is 12.2. The first-order chi connectivity index (χ1) is 10.4. The number of amides is 1. The smallest absolute Gasteiger partial charge is 0.341 e. The molecule has 1 aromatic rings. The van der Waals surface area contributed by atoms with Crippen LogP contribution in [0, 0.1) is 15.5 Å². The summed E-state index contributed by atoms with van der Waals surface area (Å²) >= 11 is 0. The molecule has 0 aromatic heterocycles. The van der Waals surface area contributed by atoms with Crippen molar-refractivity contribution < 1.29 is 26.9 Å². The summed E-state index contributed by atoms with van der Waals surface area (Å²) in [5.41, 5.74) is 3.33. The molecule has 0 unspecified atom stereocenters. The van der Waals surface area contributed by atoms with Gasteiger partial charge in [0.15, 0.2) is 0 Å². The largest absolute Gasteiger partial charge is 0.378 e. The van der Waals surface area contributed by atoms with Crippen LogP contribution in [0.15, 0.2) is 23.1 Å². The van der Waals surface area contributed by atoms with Gasteiger partial charge in [0.2, 0.25) is 15.7 Å². The molecular formula is C12H15F2N3O5S. The van der Waals surface area contributed by atoms with Crippen LogP contribution >= 0.6 is 0 Å². The summed E-state index contributed by atoms with van der Waals surface area (Å²) in [4.78, 5) is 20.5. The van der Waals surface area contributed by atoms with Crippen LogP contribution in [-0.4, -0.2) is 31.6 Å². The Hall–Kier alpha value is -2.30. The van der Waals surface area contributed by atoms with E-state index in [-0.39, 0.29) is 12.2 Å². The summed E-state index contributed by atoms with van der Waals surface area (Å²) in [6, 6.07) is 2.36. The van der Waals surface area contributed by atoms with Crippen LogP contribution in [0.5, 0.6) is 0 Å². The monoisotopic (exact) mass is 351 g/mol. The van der Waals surface area contributed by atoms with Crippen molar-refractivity contribution in [3.8, 4) is 0 Å². The quantitative estimate of drug-likeness (QED) is 0.565. The highest BCUT2D eigenvalue weighted by Gasteiger charge is 2.30. The molecular weight excluding hydrogens is 336 g/mol. The lowest BCUT2D eigenvalue weighted by molar-refractivity contribution is -0.384. The van der Waals surface area contributed by atoms with E-state index in [9.17, 15) is 32.1 Å². The van der Waals surface area contributed by atoms with Gasteiger partial charge in [-0.1, -0.05) is 0 Å². The van der Waals surface area contributed by atoms with Crippen LogP contribution in [0.1, 0.15) is 13.8 Å². The Morgan fingerprint density at radius 1 is 1.43 bits per heavy atom. The fraction of sp³-hybridized carbons (Fsp3) is 0.417. The number of nitro benzene ring substituents is 1. The Labute approximate surface area is 130 Å². The van der Waals surface area contributed by atoms with Crippen LogP contribution in [0.25, 0.3) is 0 Å². The number of carbonyl (C=O) groups is 1. The minimum atomic E-state index is -4.95. The van der Waals surface area contributed by atoms with E-state index in [1.807, 2.05) is 0 Å². The zero-order valence-electron chi connectivity index (χ0n) is 12.2. The number of carbonyl (C=O) groups excluding carboxylic acids is 1. The van der Waals surface area contributed by atoms with E-state index in [2.05, 4.69) is 5.32 Å². The van der Waals surface area contributed by atoms with Crippen molar-refractivity contribution in [2.75, 3.05) is 11.9 Å². The van der Waals surface area contributed by atoms with Crippen LogP contribution < -0.4 is 11.1 Å². The summed E-state index contributed by atoms with van der Waals surface area (Å²) < 4.78 is 47.7. The third-order valence-electron chi connectivity index (χ3n) is 3.12. The van der Waals surface area contributed by atoms with Gasteiger partial charge in [0.25, 0.3) is 5.69 Å².